The molecule has 158 valence electrons. The molecule has 2 aromatic heterocycles. The van der Waals surface area contributed by atoms with Gasteiger partial charge in [0.15, 0.2) is 11.6 Å². The molecule has 30 heavy (non-hydrogen) atoms. The first-order chi connectivity index (χ1) is 14.3. The second kappa shape index (κ2) is 8.00. The van der Waals surface area contributed by atoms with Gasteiger partial charge in [-0.15, -0.1) is 0 Å². The molecule has 4 rings (SSSR count). The van der Waals surface area contributed by atoms with Crippen LogP contribution in [0.4, 0.5) is 0 Å². The van der Waals surface area contributed by atoms with Gasteiger partial charge >= 0.3 is 0 Å². The minimum Gasteiger partial charge on any atom is -0.360 e. The van der Waals surface area contributed by atoms with E-state index in [-0.39, 0.29) is 40.7 Å². The van der Waals surface area contributed by atoms with Crippen molar-refractivity contribution in [1.82, 2.24) is 24.9 Å². The first-order valence-corrected chi connectivity index (χ1v) is 10.9. The molecule has 3 heterocycles. The van der Waals surface area contributed by atoms with E-state index in [2.05, 4.69) is 20.0 Å². The fourth-order valence-corrected chi connectivity index (χ4v) is 4.84. The van der Waals surface area contributed by atoms with E-state index in [0.29, 0.717) is 25.3 Å². The van der Waals surface area contributed by atoms with Gasteiger partial charge < -0.3 is 13.9 Å². The van der Waals surface area contributed by atoms with Gasteiger partial charge in [-0.25, -0.2) is 13.1 Å². The third-order valence-electron chi connectivity index (χ3n) is 4.95. The summed E-state index contributed by atoms with van der Waals surface area (Å²) in [7, 11) is -3.84. The Labute approximate surface area is 173 Å². The van der Waals surface area contributed by atoms with Crippen LogP contribution in [0.1, 0.15) is 47.6 Å². The Hall–Kier alpha value is -3.05. The van der Waals surface area contributed by atoms with Crippen molar-refractivity contribution in [1.29, 1.82) is 0 Å². The Morgan fingerprint density at radius 3 is 2.63 bits per heavy atom. The predicted molar refractivity (Wildman–Crippen MR) is 103 cm³/mol. The minimum atomic E-state index is -3.84. The number of sulfonamides is 1. The van der Waals surface area contributed by atoms with Gasteiger partial charge in [-0.05, 0) is 25.8 Å². The molecule has 0 radical (unpaired) electrons. The molecule has 0 saturated carbocycles. The molecule has 1 saturated heterocycles. The highest BCUT2D eigenvalue weighted by Crippen LogP contribution is 2.33. The molecule has 3 aromatic rings. The van der Waals surface area contributed by atoms with Gasteiger partial charge in [-0.3, -0.25) is 4.79 Å². The van der Waals surface area contributed by atoms with Crippen molar-refractivity contribution in [2.24, 2.45) is 0 Å². The van der Waals surface area contributed by atoms with Gasteiger partial charge in [0.1, 0.15) is 16.6 Å². The summed E-state index contributed by atoms with van der Waals surface area (Å²) in [4.78, 5) is 18.4. The summed E-state index contributed by atoms with van der Waals surface area (Å²) in [5, 5.41) is 7.53. The number of aryl methyl sites for hydroxylation is 2. The fraction of sp³-hybridized carbons (Fsp3) is 0.368. The monoisotopic (exact) mass is 431 g/mol. The third kappa shape index (κ3) is 3.98. The van der Waals surface area contributed by atoms with Gasteiger partial charge in [-0.2, -0.15) is 4.98 Å². The van der Waals surface area contributed by atoms with Gasteiger partial charge in [0.05, 0.1) is 6.54 Å². The van der Waals surface area contributed by atoms with Crippen LogP contribution in [0.25, 0.3) is 0 Å². The second-order valence-electron chi connectivity index (χ2n) is 7.09. The summed E-state index contributed by atoms with van der Waals surface area (Å²) < 4.78 is 37.7. The molecule has 1 aliphatic heterocycles. The van der Waals surface area contributed by atoms with Crippen molar-refractivity contribution in [3.63, 3.8) is 0 Å². The SMILES string of the molecule is Cc1noc(C)c1S(=O)(=O)NCc1noc([C@@H]2CCC(=O)N2Cc2ccccc2)n1. The van der Waals surface area contributed by atoms with Crippen LogP contribution in [0.3, 0.4) is 0 Å². The van der Waals surface area contributed by atoms with Crippen LogP contribution in [0, 0.1) is 13.8 Å². The first-order valence-electron chi connectivity index (χ1n) is 9.43. The summed E-state index contributed by atoms with van der Waals surface area (Å²) in [6.07, 6.45) is 0.964. The Balaban J connectivity index is 1.46. The number of nitrogens with one attached hydrogen (secondary N) is 1. The van der Waals surface area contributed by atoms with E-state index in [4.69, 9.17) is 9.05 Å². The molecule has 1 fully saturated rings. The van der Waals surface area contributed by atoms with Crippen LogP contribution < -0.4 is 4.72 Å². The lowest BCUT2D eigenvalue weighted by molar-refractivity contribution is -0.130. The zero-order chi connectivity index (χ0) is 21.3. The molecule has 1 aromatic carbocycles. The van der Waals surface area contributed by atoms with Crippen LogP contribution in [0.2, 0.25) is 0 Å². The molecule has 1 amide bonds. The average Bonchev–Trinajstić information content (AvgIpc) is 3.41. The molecule has 0 aliphatic carbocycles. The Bertz CT molecular complexity index is 1140. The molecule has 0 bridgehead atoms. The fourth-order valence-electron chi connectivity index (χ4n) is 3.53. The maximum atomic E-state index is 12.5. The second-order valence-corrected chi connectivity index (χ2v) is 8.79. The van der Waals surface area contributed by atoms with Crippen LogP contribution >= 0.6 is 0 Å². The largest absolute Gasteiger partial charge is 0.360 e. The Kier molecular flexibility index (Phi) is 5.39. The lowest BCUT2D eigenvalue weighted by Crippen LogP contribution is -2.27. The van der Waals surface area contributed by atoms with E-state index >= 15 is 0 Å². The summed E-state index contributed by atoms with van der Waals surface area (Å²) in [6.45, 7) is 3.37. The van der Waals surface area contributed by atoms with Crippen molar-refractivity contribution >= 4 is 15.9 Å². The molecular formula is C19H21N5O5S. The topological polar surface area (TPSA) is 131 Å². The number of benzene rings is 1. The highest BCUT2D eigenvalue weighted by atomic mass is 32.2. The quantitative estimate of drug-likeness (QED) is 0.601. The summed E-state index contributed by atoms with van der Waals surface area (Å²) in [6, 6.07) is 9.32. The lowest BCUT2D eigenvalue weighted by atomic mass is 10.2. The van der Waals surface area contributed by atoms with Crippen molar-refractivity contribution in [2.75, 3.05) is 0 Å². The Morgan fingerprint density at radius 1 is 1.17 bits per heavy atom. The summed E-state index contributed by atoms with van der Waals surface area (Å²) in [5.74, 6) is 0.695. The van der Waals surface area contributed by atoms with Gasteiger partial charge in [0, 0.05) is 13.0 Å². The molecular weight excluding hydrogens is 410 g/mol. The molecule has 10 nitrogen and oxygen atoms in total. The number of carbonyl (C=O) groups is 1. The highest BCUT2D eigenvalue weighted by molar-refractivity contribution is 7.89. The molecule has 1 aliphatic rings. The highest BCUT2D eigenvalue weighted by Gasteiger charge is 2.36. The van der Waals surface area contributed by atoms with Gasteiger partial charge in [0.25, 0.3) is 0 Å². The lowest BCUT2D eigenvalue weighted by Gasteiger charge is -2.22. The number of carbonyl (C=O) groups excluding carboxylic acids is 1. The van der Waals surface area contributed by atoms with Crippen LogP contribution in [-0.2, 0) is 27.9 Å². The van der Waals surface area contributed by atoms with Crippen LogP contribution in [-0.4, -0.2) is 34.5 Å². The molecule has 1 N–H and O–H groups in total. The number of rotatable bonds is 7. The Morgan fingerprint density at radius 2 is 1.93 bits per heavy atom. The van der Waals surface area contributed by atoms with E-state index in [9.17, 15) is 13.2 Å². The average molecular weight is 431 g/mol. The van der Waals surface area contributed by atoms with E-state index in [1.54, 1.807) is 11.8 Å². The predicted octanol–water partition coefficient (Wildman–Crippen LogP) is 2.02. The standard InChI is InChI=1S/C19H21N5O5S/c1-12-18(13(2)28-22-12)30(26,27)20-10-16-21-19(29-23-16)15-8-9-17(25)24(15)11-14-6-4-3-5-7-14/h3-7,15,20H,8-11H2,1-2H3/t15-/m0/s1. The number of amides is 1. The zero-order valence-electron chi connectivity index (χ0n) is 16.5. The molecule has 0 unspecified atom stereocenters. The zero-order valence-corrected chi connectivity index (χ0v) is 17.3. The van der Waals surface area contributed by atoms with Gasteiger partial charge in [0.2, 0.25) is 21.8 Å². The molecule has 11 heteroatoms. The number of aromatic nitrogens is 3. The summed E-state index contributed by atoms with van der Waals surface area (Å²) in [5.41, 5.74) is 1.28. The number of hydrogen-bond acceptors (Lipinski definition) is 8. The van der Waals surface area contributed by atoms with Crippen LogP contribution in [0.5, 0.6) is 0 Å². The van der Waals surface area contributed by atoms with Gasteiger partial charge in [-0.1, -0.05) is 40.6 Å². The maximum absolute atomic E-state index is 12.5. The van der Waals surface area contributed by atoms with E-state index in [0.717, 1.165) is 5.56 Å². The molecule has 0 spiro atoms. The normalized spacial score (nSPS) is 17.1. The van der Waals surface area contributed by atoms with Crippen LogP contribution in [0.15, 0.2) is 44.3 Å². The van der Waals surface area contributed by atoms with Crippen molar-refractivity contribution < 1.29 is 22.3 Å². The number of likely N-dealkylation sites (tertiary alicyclic amines) is 1. The van der Waals surface area contributed by atoms with Crippen molar-refractivity contribution in [3.05, 3.63) is 59.1 Å². The maximum Gasteiger partial charge on any atom is 0.249 e. The number of nitrogens with zero attached hydrogens (tertiary/aromatic N) is 4. The molecule has 1 atom stereocenters. The van der Waals surface area contributed by atoms with E-state index in [1.165, 1.54) is 6.92 Å². The first kappa shape index (κ1) is 20.2. The summed E-state index contributed by atoms with van der Waals surface area (Å²) >= 11 is 0. The number of hydrogen-bond donors (Lipinski definition) is 1. The van der Waals surface area contributed by atoms with E-state index < -0.39 is 10.0 Å². The van der Waals surface area contributed by atoms with Crippen molar-refractivity contribution in [2.45, 2.75) is 50.7 Å². The van der Waals surface area contributed by atoms with Crippen molar-refractivity contribution in [3.8, 4) is 0 Å². The third-order valence-corrected chi connectivity index (χ3v) is 6.59. The van der Waals surface area contributed by atoms with E-state index in [1.807, 2.05) is 30.3 Å². The smallest absolute Gasteiger partial charge is 0.249 e. The minimum absolute atomic E-state index is 0.00152.